The van der Waals surface area contributed by atoms with E-state index < -0.39 is 0 Å². The molecular formula is C25H40O2. The highest BCUT2D eigenvalue weighted by Gasteiger charge is 2.62. The van der Waals surface area contributed by atoms with Gasteiger partial charge in [0.15, 0.2) is 0 Å². The van der Waals surface area contributed by atoms with Crippen molar-refractivity contribution in [2.45, 2.75) is 98.3 Å². The number of carbonyl (C=O) groups is 2. The van der Waals surface area contributed by atoms with Gasteiger partial charge in [-0.25, -0.2) is 0 Å². The summed E-state index contributed by atoms with van der Waals surface area (Å²) in [7, 11) is 0. The molecule has 27 heavy (non-hydrogen) atoms. The van der Waals surface area contributed by atoms with E-state index in [2.05, 4.69) is 20.8 Å². The number of hydrogen-bond donors (Lipinski definition) is 0. The van der Waals surface area contributed by atoms with E-state index in [1.807, 2.05) is 0 Å². The third-order valence-corrected chi connectivity index (χ3v) is 10.1. The lowest BCUT2D eigenvalue weighted by Gasteiger charge is -2.60. The lowest BCUT2D eigenvalue weighted by atomic mass is 9.44. The molecule has 2 heteroatoms. The van der Waals surface area contributed by atoms with Crippen LogP contribution in [0.15, 0.2) is 0 Å². The Kier molecular flexibility index (Phi) is 5.09. The SMILES string of the molecule is CC(=O)CC[C@@H](C)[C@H]1CC[C@H]2[C@@H]3C(=O)CC4CCCC[C@]4(C)[C@H]3CC[C@]12C. The summed E-state index contributed by atoms with van der Waals surface area (Å²) < 4.78 is 0. The summed E-state index contributed by atoms with van der Waals surface area (Å²) in [6.45, 7) is 9.15. The van der Waals surface area contributed by atoms with Crippen molar-refractivity contribution in [2.75, 3.05) is 0 Å². The molecule has 0 N–H and O–H groups in total. The monoisotopic (exact) mass is 372 g/mol. The molecule has 0 aromatic rings. The first-order valence-corrected chi connectivity index (χ1v) is 11.8. The van der Waals surface area contributed by atoms with Gasteiger partial charge >= 0.3 is 0 Å². The van der Waals surface area contributed by atoms with Gasteiger partial charge in [-0.3, -0.25) is 4.79 Å². The van der Waals surface area contributed by atoms with Crippen LogP contribution in [-0.4, -0.2) is 11.6 Å². The topological polar surface area (TPSA) is 34.1 Å². The lowest BCUT2D eigenvalue weighted by molar-refractivity contribution is -0.156. The van der Waals surface area contributed by atoms with Gasteiger partial charge in [0.1, 0.15) is 11.6 Å². The molecule has 4 aliphatic rings. The van der Waals surface area contributed by atoms with Crippen LogP contribution in [0.3, 0.4) is 0 Å². The molecule has 0 heterocycles. The van der Waals surface area contributed by atoms with Crippen molar-refractivity contribution in [2.24, 2.45) is 46.3 Å². The average molecular weight is 373 g/mol. The Bertz CT molecular complexity index is 609. The van der Waals surface area contributed by atoms with Crippen molar-refractivity contribution in [3.8, 4) is 0 Å². The first kappa shape index (κ1) is 19.6. The summed E-state index contributed by atoms with van der Waals surface area (Å²) in [6, 6.07) is 0. The van der Waals surface area contributed by atoms with Crippen LogP contribution in [0.4, 0.5) is 0 Å². The Labute approximate surface area is 166 Å². The van der Waals surface area contributed by atoms with Crippen LogP contribution >= 0.6 is 0 Å². The minimum absolute atomic E-state index is 0.323. The number of Topliss-reactive ketones (excluding diaryl/α,β-unsaturated/α-hetero) is 2. The van der Waals surface area contributed by atoms with Gasteiger partial charge in [0.05, 0.1) is 0 Å². The molecule has 1 unspecified atom stereocenters. The first-order valence-electron chi connectivity index (χ1n) is 11.8. The fraction of sp³-hybridized carbons (Fsp3) is 0.920. The second-order valence-electron chi connectivity index (χ2n) is 11.3. The van der Waals surface area contributed by atoms with Crippen LogP contribution < -0.4 is 0 Å². The summed E-state index contributed by atoms with van der Waals surface area (Å²) >= 11 is 0. The van der Waals surface area contributed by atoms with Gasteiger partial charge in [0, 0.05) is 18.8 Å². The maximum atomic E-state index is 13.4. The van der Waals surface area contributed by atoms with Crippen molar-refractivity contribution in [1.29, 1.82) is 0 Å². The number of rotatable bonds is 4. The van der Waals surface area contributed by atoms with Crippen molar-refractivity contribution in [3.63, 3.8) is 0 Å². The van der Waals surface area contributed by atoms with Gasteiger partial charge in [-0.2, -0.15) is 0 Å². The fourth-order valence-corrected chi connectivity index (χ4v) is 8.57. The second-order valence-corrected chi connectivity index (χ2v) is 11.3. The molecule has 4 saturated carbocycles. The van der Waals surface area contributed by atoms with Crippen LogP contribution in [-0.2, 0) is 9.59 Å². The van der Waals surface area contributed by atoms with Gasteiger partial charge in [0.2, 0.25) is 0 Å². The van der Waals surface area contributed by atoms with Crippen LogP contribution in [0.5, 0.6) is 0 Å². The molecular weight excluding hydrogens is 332 g/mol. The molecule has 0 aromatic carbocycles. The van der Waals surface area contributed by atoms with Crippen molar-refractivity contribution >= 4 is 11.6 Å². The normalized spacial score (nSPS) is 47.7. The molecule has 4 rings (SSSR count). The Morgan fingerprint density at radius 2 is 1.78 bits per heavy atom. The van der Waals surface area contributed by atoms with E-state index in [1.54, 1.807) is 6.92 Å². The van der Waals surface area contributed by atoms with Gasteiger partial charge in [-0.05, 0) is 92.3 Å². The summed E-state index contributed by atoms with van der Waals surface area (Å²) in [6.07, 6.45) is 13.1. The van der Waals surface area contributed by atoms with Gasteiger partial charge in [0.25, 0.3) is 0 Å². The Balaban J connectivity index is 1.57. The van der Waals surface area contributed by atoms with E-state index in [9.17, 15) is 9.59 Å². The predicted octanol–water partition coefficient (Wildman–Crippen LogP) is 6.22. The molecule has 152 valence electrons. The fourth-order valence-electron chi connectivity index (χ4n) is 8.57. The molecule has 0 aliphatic heterocycles. The summed E-state index contributed by atoms with van der Waals surface area (Å²) in [4.78, 5) is 24.8. The van der Waals surface area contributed by atoms with E-state index in [4.69, 9.17) is 0 Å². The highest BCUT2D eigenvalue weighted by molar-refractivity contribution is 5.83. The summed E-state index contributed by atoms with van der Waals surface area (Å²) in [5.74, 6) is 4.51. The smallest absolute Gasteiger partial charge is 0.136 e. The highest BCUT2D eigenvalue weighted by atomic mass is 16.1. The van der Waals surface area contributed by atoms with Gasteiger partial charge < -0.3 is 4.79 Å². The number of fused-ring (bicyclic) bond motifs is 5. The van der Waals surface area contributed by atoms with Crippen LogP contribution in [0, 0.1) is 46.3 Å². The maximum absolute atomic E-state index is 13.4. The molecule has 0 saturated heterocycles. The van der Waals surface area contributed by atoms with Crippen molar-refractivity contribution in [3.05, 3.63) is 0 Å². The Hall–Kier alpha value is -0.660. The van der Waals surface area contributed by atoms with Crippen LogP contribution in [0.2, 0.25) is 0 Å². The molecule has 0 aromatic heterocycles. The average Bonchev–Trinajstić information content (AvgIpc) is 2.97. The minimum Gasteiger partial charge on any atom is -0.300 e. The largest absolute Gasteiger partial charge is 0.300 e. The van der Waals surface area contributed by atoms with Gasteiger partial charge in [-0.1, -0.05) is 33.6 Å². The van der Waals surface area contributed by atoms with E-state index in [1.165, 1.54) is 51.4 Å². The molecule has 0 bridgehead atoms. The zero-order valence-electron chi connectivity index (χ0n) is 18.1. The molecule has 2 nitrogen and oxygen atoms in total. The molecule has 0 spiro atoms. The Morgan fingerprint density at radius 3 is 2.52 bits per heavy atom. The van der Waals surface area contributed by atoms with Crippen LogP contribution in [0.25, 0.3) is 0 Å². The third kappa shape index (κ3) is 3.04. The zero-order valence-corrected chi connectivity index (χ0v) is 18.1. The lowest BCUT2D eigenvalue weighted by Crippen LogP contribution is -2.56. The van der Waals surface area contributed by atoms with E-state index in [0.29, 0.717) is 57.9 Å². The molecule has 0 radical (unpaired) electrons. The molecule has 0 amide bonds. The third-order valence-electron chi connectivity index (χ3n) is 10.1. The predicted molar refractivity (Wildman–Crippen MR) is 109 cm³/mol. The molecule has 4 aliphatic carbocycles. The maximum Gasteiger partial charge on any atom is 0.136 e. The second kappa shape index (κ2) is 6.99. The number of ketones is 2. The quantitative estimate of drug-likeness (QED) is 0.587. The minimum atomic E-state index is 0.323. The zero-order chi connectivity index (χ0) is 19.4. The van der Waals surface area contributed by atoms with E-state index in [-0.39, 0.29) is 0 Å². The van der Waals surface area contributed by atoms with Gasteiger partial charge in [-0.15, -0.1) is 0 Å². The molecule has 8 atom stereocenters. The number of carbonyl (C=O) groups excluding carboxylic acids is 2. The highest BCUT2D eigenvalue weighted by Crippen LogP contribution is 2.67. The summed E-state index contributed by atoms with van der Waals surface area (Å²) in [5, 5.41) is 0. The van der Waals surface area contributed by atoms with Crippen molar-refractivity contribution < 1.29 is 9.59 Å². The summed E-state index contributed by atoms with van der Waals surface area (Å²) in [5.41, 5.74) is 0.751. The van der Waals surface area contributed by atoms with E-state index in [0.717, 1.165) is 19.3 Å². The first-order chi connectivity index (χ1) is 12.8. The van der Waals surface area contributed by atoms with Crippen LogP contribution in [0.1, 0.15) is 98.3 Å². The van der Waals surface area contributed by atoms with E-state index >= 15 is 0 Å². The Morgan fingerprint density at radius 1 is 1.04 bits per heavy atom. The standard InChI is InChI=1S/C25H40O2/c1-16(8-9-17(2)26)19-10-11-20-23-21(12-14-25(19,20)4)24(3)13-6-5-7-18(24)15-22(23)27/h16,18-21,23H,5-15H2,1-4H3/t16-,18?,19-,20+,21+,23+,24+,25-/m1/s1. The van der Waals surface area contributed by atoms with Crippen molar-refractivity contribution in [1.82, 2.24) is 0 Å². The molecule has 4 fully saturated rings. The number of hydrogen-bond acceptors (Lipinski definition) is 2.